The maximum Gasteiger partial charge on any atom is 0.191 e. The van der Waals surface area contributed by atoms with Crippen molar-refractivity contribution >= 4 is 27.1 Å². The van der Waals surface area contributed by atoms with Crippen molar-refractivity contribution in [2.24, 2.45) is 4.99 Å². The Bertz CT molecular complexity index is 466. The van der Waals surface area contributed by atoms with Crippen LogP contribution in [0.3, 0.4) is 0 Å². The molecule has 102 valence electrons. The van der Waals surface area contributed by atoms with E-state index in [1.54, 1.807) is 18.4 Å². The monoisotopic (exact) mass is 289 g/mol. The zero-order valence-corrected chi connectivity index (χ0v) is 12.3. The van der Waals surface area contributed by atoms with Crippen LogP contribution in [0.25, 0.3) is 0 Å². The maximum absolute atomic E-state index is 11.0. The first-order chi connectivity index (χ1) is 8.51. The predicted octanol–water partition coefficient (Wildman–Crippen LogP) is 0.848. The lowest BCUT2D eigenvalue weighted by Gasteiger charge is -2.10. The van der Waals surface area contributed by atoms with E-state index in [1.807, 2.05) is 11.4 Å². The maximum atomic E-state index is 11.0. The number of guanidine groups is 1. The number of sulfone groups is 1. The predicted molar refractivity (Wildman–Crippen MR) is 76.8 cm³/mol. The van der Waals surface area contributed by atoms with Gasteiger partial charge in [-0.1, -0.05) is 6.07 Å². The Morgan fingerprint density at radius 2 is 2.22 bits per heavy atom. The van der Waals surface area contributed by atoms with Crippen molar-refractivity contribution in [1.29, 1.82) is 0 Å². The third kappa shape index (κ3) is 6.61. The standard InChI is InChI=1S/C11H19N3O2S2/c1-12-11(13-6-4-8-18(2,15)16)14-9-10-5-3-7-17-10/h3,5,7H,4,6,8-9H2,1-2H3,(H2,12,13,14). The molecule has 18 heavy (non-hydrogen) atoms. The van der Waals surface area contributed by atoms with Gasteiger partial charge in [-0.2, -0.15) is 0 Å². The molecule has 0 saturated carbocycles. The lowest BCUT2D eigenvalue weighted by atomic mass is 10.4. The summed E-state index contributed by atoms with van der Waals surface area (Å²) in [4.78, 5) is 5.30. The van der Waals surface area contributed by atoms with E-state index in [4.69, 9.17) is 0 Å². The summed E-state index contributed by atoms with van der Waals surface area (Å²) >= 11 is 1.68. The Morgan fingerprint density at radius 3 is 2.78 bits per heavy atom. The third-order valence-corrected chi connectivity index (χ3v) is 4.12. The second-order valence-electron chi connectivity index (χ2n) is 3.92. The zero-order valence-electron chi connectivity index (χ0n) is 10.6. The van der Waals surface area contributed by atoms with Crippen molar-refractivity contribution < 1.29 is 8.42 Å². The topological polar surface area (TPSA) is 70.6 Å². The first-order valence-corrected chi connectivity index (χ1v) is 8.60. The lowest BCUT2D eigenvalue weighted by Crippen LogP contribution is -2.37. The fraction of sp³-hybridized carbons (Fsp3) is 0.545. The Labute approximate surface area is 112 Å². The molecule has 5 nitrogen and oxygen atoms in total. The number of hydrogen-bond donors (Lipinski definition) is 2. The second kappa shape index (κ2) is 7.38. The summed E-state index contributed by atoms with van der Waals surface area (Å²) in [5, 5.41) is 8.28. The second-order valence-corrected chi connectivity index (χ2v) is 7.21. The molecule has 0 unspecified atom stereocenters. The molecule has 1 aromatic heterocycles. The summed E-state index contributed by atoms with van der Waals surface area (Å²) in [6, 6.07) is 4.05. The highest BCUT2D eigenvalue weighted by atomic mass is 32.2. The van der Waals surface area contributed by atoms with E-state index >= 15 is 0 Å². The van der Waals surface area contributed by atoms with Crippen LogP contribution >= 0.6 is 11.3 Å². The number of nitrogens with zero attached hydrogens (tertiary/aromatic N) is 1. The molecule has 7 heteroatoms. The number of thiophene rings is 1. The van der Waals surface area contributed by atoms with Crippen LogP contribution in [-0.4, -0.2) is 40.0 Å². The average Bonchev–Trinajstić information content (AvgIpc) is 2.79. The quantitative estimate of drug-likeness (QED) is 0.463. The van der Waals surface area contributed by atoms with Crippen molar-refractivity contribution in [2.45, 2.75) is 13.0 Å². The van der Waals surface area contributed by atoms with Gasteiger partial charge in [0.2, 0.25) is 0 Å². The number of hydrogen-bond acceptors (Lipinski definition) is 4. The van der Waals surface area contributed by atoms with Crippen molar-refractivity contribution in [1.82, 2.24) is 10.6 Å². The number of aliphatic imine (C=N–C) groups is 1. The highest BCUT2D eigenvalue weighted by Crippen LogP contribution is 2.06. The minimum Gasteiger partial charge on any atom is -0.356 e. The molecule has 0 spiro atoms. The molecule has 2 N–H and O–H groups in total. The van der Waals surface area contributed by atoms with Gasteiger partial charge < -0.3 is 10.6 Å². The van der Waals surface area contributed by atoms with Gasteiger partial charge in [-0.3, -0.25) is 4.99 Å². The van der Waals surface area contributed by atoms with Crippen LogP contribution in [0.1, 0.15) is 11.3 Å². The van der Waals surface area contributed by atoms with Crippen LogP contribution in [0.4, 0.5) is 0 Å². The summed E-state index contributed by atoms with van der Waals surface area (Å²) in [6.45, 7) is 1.32. The van der Waals surface area contributed by atoms with E-state index in [0.29, 0.717) is 18.9 Å². The largest absolute Gasteiger partial charge is 0.356 e. The Morgan fingerprint density at radius 1 is 1.44 bits per heavy atom. The summed E-state index contributed by atoms with van der Waals surface area (Å²) < 4.78 is 21.9. The fourth-order valence-corrected chi connectivity index (χ4v) is 2.66. The summed E-state index contributed by atoms with van der Waals surface area (Å²) in [7, 11) is -1.18. The highest BCUT2D eigenvalue weighted by Gasteiger charge is 2.02. The van der Waals surface area contributed by atoms with E-state index < -0.39 is 9.84 Å². The van der Waals surface area contributed by atoms with Crippen LogP contribution in [0.15, 0.2) is 22.5 Å². The van der Waals surface area contributed by atoms with Crippen molar-refractivity contribution in [2.75, 3.05) is 25.6 Å². The fourth-order valence-electron chi connectivity index (χ4n) is 1.35. The van der Waals surface area contributed by atoms with Crippen molar-refractivity contribution in [3.63, 3.8) is 0 Å². The highest BCUT2D eigenvalue weighted by molar-refractivity contribution is 7.90. The molecule has 0 atom stereocenters. The minimum atomic E-state index is -2.88. The van der Waals surface area contributed by atoms with E-state index in [0.717, 1.165) is 6.54 Å². The molecule has 0 fully saturated rings. The van der Waals surface area contributed by atoms with E-state index in [-0.39, 0.29) is 5.75 Å². The lowest BCUT2D eigenvalue weighted by molar-refractivity contribution is 0.598. The van der Waals surface area contributed by atoms with E-state index in [2.05, 4.69) is 21.7 Å². The van der Waals surface area contributed by atoms with Gasteiger partial charge in [0.1, 0.15) is 9.84 Å². The SMILES string of the molecule is CN=C(NCCCS(C)(=O)=O)NCc1cccs1. The van der Waals surface area contributed by atoms with Crippen LogP contribution in [-0.2, 0) is 16.4 Å². The first-order valence-electron chi connectivity index (χ1n) is 5.66. The van der Waals surface area contributed by atoms with Gasteiger partial charge in [0, 0.05) is 24.7 Å². The smallest absolute Gasteiger partial charge is 0.191 e. The molecule has 0 bridgehead atoms. The molecule has 0 aliphatic rings. The first kappa shape index (κ1) is 15.0. The van der Waals surface area contributed by atoms with Gasteiger partial charge in [0.25, 0.3) is 0 Å². The van der Waals surface area contributed by atoms with Crippen LogP contribution < -0.4 is 10.6 Å². The molecular formula is C11H19N3O2S2. The minimum absolute atomic E-state index is 0.196. The van der Waals surface area contributed by atoms with Crippen molar-refractivity contribution in [3.8, 4) is 0 Å². The van der Waals surface area contributed by atoms with Gasteiger partial charge in [0.05, 0.1) is 12.3 Å². The molecule has 0 aliphatic heterocycles. The molecule has 1 aromatic rings. The molecule has 0 saturated heterocycles. The molecule has 0 aliphatic carbocycles. The average molecular weight is 289 g/mol. The Balaban J connectivity index is 2.22. The third-order valence-electron chi connectivity index (χ3n) is 2.22. The summed E-state index contributed by atoms with van der Waals surface area (Å²) in [6.07, 6.45) is 1.83. The van der Waals surface area contributed by atoms with Crippen molar-refractivity contribution in [3.05, 3.63) is 22.4 Å². The van der Waals surface area contributed by atoms with Crippen LogP contribution in [0.5, 0.6) is 0 Å². The number of nitrogens with one attached hydrogen (secondary N) is 2. The molecular weight excluding hydrogens is 270 g/mol. The Hall–Kier alpha value is -1.08. The summed E-state index contributed by atoms with van der Waals surface area (Å²) in [5.74, 6) is 0.888. The molecule has 0 aromatic carbocycles. The summed E-state index contributed by atoms with van der Waals surface area (Å²) in [5.41, 5.74) is 0. The number of rotatable bonds is 6. The van der Waals surface area contributed by atoms with E-state index in [1.165, 1.54) is 11.1 Å². The van der Waals surface area contributed by atoms with Crippen LogP contribution in [0, 0.1) is 0 Å². The molecule has 0 radical (unpaired) electrons. The van der Waals surface area contributed by atoms with Gasteiger partial charge in [-0.15, -0.1) is 11.3 Å². The van der Waals surface area contributed by atoms with Gasteiger partial charge in [0.15, 0.2) is 5.96 Å². The van der Waals surface area contributed by atoms with Gasteiger partial charge >= 0.3 is 0 Å². The molecule has 1 rings (SSSR count). The van der Waals surface area contributed by atoms with Gasteiger partial charge in [-0.05, 0) is 17.9 Å². The van der Waals surface area contributed by atoms with Gasteiger partial charge in [-0.25, -0.2) is 8.42 Å². The zero-order chi connectivity index (χ0) is 13.4. The molecule has 1 heterocycles. The van der Waals surface area contributed by atoms with E-state index in [9.17, 15) is 8.42 Å². The normalized spacial score (nSPS) is 12.4. The van der Waals surface area contributed by atoms with Crippen LogP contribution in [0.2, 0.25) is 0 Å². The Kier molecular flexibility index (Phi) is 6.14. The molecule has 0 amide bonds.